The van der Waals surface area contributed by atoms with E-state index in [1.54, 1.807) is 0 Å². The fraction of sp³-hybridized carbons (Fsp3) is 0.750. The van der Waals surface area contributed by atoms with Crippen molar-refractivity contribution in [3.05, 3.63) is 12.2 Å². The topological polar surface area (TPSA) is 37.3 Å². The minimum Gasteiger partial charge on any atom is -0.481 e. The largest absolute Gasteiger partial charge is 0.481 e. The van der Waals surface area contributed by atoms with Crippen molar-refractivity contribution in [2.75, 3.05) is 0 Å². The molecule has 2 heteroatoms. The molecule has 0 bridgehead atoms. The van der Waals surface area contributed by atoms with Crippen LogP contribution in [-0.2, 0) is 4.79 Å². The van der Waals surface area contributed by atoms with Crippen LogP contribution in [0.3, 0.4) is 0 Å². The van der Waals surface area contributed by atoms with Crippen molar-refractivity contribution in [1.82, 2.24) is 0 Å². The van der Waals surface area contributed by atoms with Crippen LogP contribution in [0.1, 0.15) is 52.9 Å². The fourth-order valence-electron chi connectivity index (χ4n) is 1.83. The van der Waals surface area contributed by atoms with Gasteiger partial charge in [-0.3, -0.25) is 4.79 Å². The standard InChI is InChI=1S/C12H22O2/c1-4-7-10-12(8-5-2,9-6-3)11(13)14/h5,8H,4,6-7,9-10H2,1-3H3,(H,13,14). The third-order valence-corrected chi connectivity index (χ3v) is 2.58. The molecule has 1 atom stereocenters. The average molecular weight is 198 g/mol. The molecule has 1 N–H and O–H groups in total. The molecule has 1 unspecified atom stereocenters. The number of aliphatic carboxylic acids is 1. The molecule has 0 spiro atoms. The van der Waals surface area contributed by atoms with Crippen LogP contribution in [0.15, 0.2) is 12.2 Å². The van der Waals surface area contributed by atoms with Crippen LogP contribution in [0.25, 0.3) is 0 Å². The van der Waals surface area contributed by atoms with Gasteiger partial charge in [0.2, 0.25) is 0 Å². The number of carboxylic acid groups (broad SMARTS) is 1. The van der Waals surface area contributed by atoms with Gasteiger partial charge >= 0.3 is 5.97 Å². The number of hydrogen-bond acceptors (Lipinski definition) is 1. The second-order valence-corrected chi connectivity index (χ2v) is 3.81. The summed E-state index contributed by atoms with van der Waals surface area (Å²) < 4.78 is 0. The van der Waals surface area contributed by atoms with Crippen molar-refractivity contribution in [3.63, 3.8) is 0 Å². The zero-order valence-corrected chi connectivity index (χ0v) is 9.55. The van der Waals surface area contributed by atoms with E-state index in [1.807, 2.05) is 26.0 Å². The smallest absolute Gasteiger partial charge is 0.313 e. The molecule has 0 amide bonds. The second kappa shape index (κ2) is 6.63. The summed E-state index contributed by atoms with van der Waals surface area (Å²) in [7, 11) is 0. The maximum atomic E-state index is 11.3. The molecule has 0 aromatic heterocycles. The summed E-state index contributed by atoms with van der Waals surface area (Å²) in [5, 5.41) is 9.26. The zero-order valence-electron chi connectivity index (χ0n) is 9.55. The van der Waals surface area contributed by atoms with E-state index in [0.717, 1.165) is 32.1 Å². The first-order valence-corrected chi connectivity index (χ1v) is 5.50. The molecule has 0 saturated heterocycles. The molecule has 0 fully saturated rings. The Labute approximate surface area is 87.0 Å². The Bertz CT molecular complexity index is 196. The van der Waals surface area contributed by atoms with Crippen molar-refractivity contribution in [1.29, 1.82) is 0 Å². The van der Waals surface area contributed by atoms with Gasteiger partial charge in [0, 0.05) is 0 Å². The first-order valence-electron chi connectivity index (χ1n) is 5.50. The van der Waals surface area contributed by atoms with Crippen LogP contribution in [0.5, 0.6) is 0 Å². The van der Waals surface area contributed by atoms with Crippen molar-refractivity contribution in [2.45, 2.75) is 52.9 Å². The molecule has 0 rings (SSSR count). The average Bonchev–Trinajstić information content (AvgIpc) is 2.14. The summed E-state index contributed by atoms with van der Waals surface area (Å²) in [5.41, 5.74) is -0.612. The lowest BCUT2D eigenvalue weighted by molar-refractivity contribution is -0.146. The Morgan fingerprint density at radius 2 is 1.93 bits per heavy atom. The van der Waals surface area contributed by atoms with Gasteiger partial charge < -0.3 is 5.11 Å². The normalized spacial score (nSPS) is 15.6. The van der Waals surface area contributed by atoms with Gasteiger partial charge in [-0.2, -0.15) is 0 Å². The first-order chi connectivity index (χ1) is 6.63. The van der Waals surface area contributed by atoms with Crippen LogP contribution in [-0.4, -0.2) is 11.1 Å². The molecule has 14 heavy (non-hydrogen) atoms. The van der Waals surface area contributed by atoms with Crippen LogP contribution >= 0.6 is 0 Å². The third kappa shape index (κ3) is 3.52. The lowest BCUT2D eigenvalue weighted by atomic mass is 9.78. The summed E-state index contributed by atoms with van der Waals surface area (Å²) in [6.45, 7) is 6.01. The SMILES string of the molecule is CC=CC(CCC)(CCCC)C(=O)O. The van der Waals surface area contributed by atoms with E-state index in [1.165, 1.54) is 0 Å². The van der Waals surface area contributed by atoms with E-state index in [4.69, 9.17) is 0 Å². The fourth-order valence-corrected chi connectivity index (χ4v) is 1.83. The van der Waals surface area contributed by atoms with Crippen LogP contribution in [0.2, 0.25) is 0 Å². The highest BCUT2D eigenvalue weighted by Crippen LogP contribution is 2.32. The molecule has 2 nitrogen and oxygen atoms in total. The van der Waals surface area contributed by atoms with Gasteiger partial charge in [-0.15, -0.1) is 0 Å². The number of rotatable bonds is 7. The van der Waals surface area contributed by atoms with Crippen LogP contribution in [0.4, 0.5) is 0 Å². The highest BCUT2D eigenvalue weighted by atomic mass is 16.4. The quantitative estimate of drug-likeness (QED) is 0.634. The van der Waals surface area contributed by atoms with Crippen molar-refractivity contribution in [2.24, 2.45) is 5.41 Å². The third-order valence-electron chi connectivity index (χ3n) is 2.58. The van der Waals surface area contributed by atoms with Crippen LogP contribution < -0.4 is 0 Å². The molecule has 0 radical (unpaired) electrons. The van der Waals surface area contributed by atoms with Crippen molar-refractivity contribution in [3.8, 4) is 0 Å². The Hall–Kier alpha value is -0.790. The van der Waals surface area contributed by atoms with E-state index in [-0.39, 0.29) is 0 Å². The Kier molecular flexibility index (Phi) is 6.26. The Morgan fingerprint density at radius 1 is 1.29 bits per heavy atom. The summed E-state index contributed by atoms with van der Waals surface area (Å²) >= 11 is 0. The Balaban J connectivity index is 4.64. The van der Waals surface area contributed by atoms with Gasteiger partial charge in [0.1, 0.15) is 0 Å². The van der Waals surface area contributed by atoms with E-state index < -0.39 is 11.4 Å². The monoisotopic (exact) mass is 198 g/mol. The molecule has 0 heterocycles. The molecule has 0 aliphatic heterocycles. The highest BCUT2D eigenvalue weighted by molar-refractivity contribution is 5.77. The Morgan fingerprint density at radius 3 is 2.29 bits per heavy atom. The minimum absolute atomic E-state index is 0.612. The predicted molar refractivity (Wildman–Crippen MR) is 59.3 cm³/mol. The highest BCUT2D eigenvalue weighted by Gasteiger charge is 2.33. The van der Waals surface area contributed by atoms with Gasteiger partial charge in [0.15, 0.2) is 0 Å². The predicted octanol–water partition coefficient (Wildman–Crippen LogP) is 3.62. The first kappa shape index (κ1) is 13.2. The van der Waals surface area contributed by atoms with Crippen molar-refractivity contribution < 1.29 is 9.90 Å². The molecule has 0 saturated carbocycles. The summed E-state index contributed by atoms with van der Waals surface area (Å²) in [6, 6.07) is 0. The van der Waals surface area contributed by atoms with E-state index >= 15 is 0 Å². The number of carboxylic acids is 1. The summed E-state index contributed by atoms with van der Waals surface area (Å²) in [6.07, 6.45) is 8.17. The summed E-state index contributed by atoms with van der Waals surface area (Å²) in [4.78, 5) is 11.3. The van der Waals surface area contributed by atoms with Gasteiger partial charge in [-0.1, -0.05) is 45.3 Å². The molecular weight excluding hydrogens is 176 g/mol. The van der Waals surface area contributed by atoms with Gasteiger partial charge in [-0.25, -0.2) is 0 Å². The number of carbonyl (C=O) groups is 1. The van der Waals surface area contributed by atoms with Crippen LogP contribution in [0, 0.1) is 5.41 Å². The van der Waals surface area contributed by atoms with E-state index in [0.29, 0.717) is 0 Å². The maximum Gasteiger partial charge on any atom is 0.313 e. The van der Waals surface area contributed by atoms with Gasteiger partial charge in [-0.05, 0) is 19.8 Å². The minimum atomic E-state index is -0.675. The molecule has 0 aliphatic rings. The second-order valence-electron chi connectivity index (χ2n) is 3.81. The maximum absolute atomic E-state index is 11.3. The molecule has 0 aromatic carbocycles. The van der Waals surface area contributed by atoms with Gasteiger partial charge in [0.25, 0.3) is 0 Å². The number of unbranched alkanes of at least 4 members (excludes halogenated alkanes) is 1. The van der Waals surface area contributed by atoms with E-state index in [9.17, 15) is 9.90 Å². The lowest BCUT2D eigenvalue weighted by Crippen LogP contribution is -2.28. The van der Waals surface area contributed by atoms with Gasteiger partial charge in [0.05, 0.1) is 5.41 Å². The number of allylic oxidation sites excluding steroid dienone is 1. The molecule has 0 aliphatic carbocycles. The van der Waals surface area contributed by atoms with E-state index in [2.05, 4.69) is 6.92 Å². The molecule has 82 valence electrons. The zero-order chi connectivity index (χ0) is 11.0. The lowest BCUT2D eigenvalue weighted by Gasteiger charge is -2.25. The molecule has 0 aromatic rings. The molecular formula is C12H22O2. The van der Waals surface area contributed by atoms with Crippen molar-refractivity contribution >= 4 is 5.97 Å². The number of hydrogen-bond donors (Lipinski definition) is 1. The summed E-state index contributed by atoms with van der Waals surface area (Å²) in [5.74, 6) is -0.675.